The van der Waals surface area contributed by atoms with Gasteiger partial charge in [-0.05, 0) is 36.3 Å². The van der Waals surface area contributed by atoms with Gasteiger partial charge in [0.05, 0.1) is 0 Å². The highest BCUT2D eigenvalue weighted by atomic mass is 14.9. The molecule has 0 radical (unpaired) electrons. The predicted octanol–water partition coefficient (Wildman–Crippen LogP) is 2.39. The van der Waals surface area contributed by atoms with E-state index in [0.29, 0.717) is 0 Å². The molecule has 0 spiro atoms. The van der Waals surface area contributed by atoms with Gasteiger partial charge in [-0.25, -0.2) is 0 Å². The van der Waals surface area contributed by atoms with Gasteiger partial charge in [0.1, 0.15) is 0 Å². The van der Waals surface area contributed by atoms with Gasteiger partial charge in [0, 0.05) is 18.5 Å². The van der Waals surface area contributed by atoms with Crippen LogP contribution >= 0.6 is 0 Å². The fourth-order valence-corrected chi connectivity index (χ4v) is 3.46. The Kier molecular flexibility index (Phi) is 3.13. The molecule has 98 valence electrons. The van der Waals surface area contributed by atoms with E-state index in [-0.39, 0.29) is 5.41 Å². The molecule has 0 aromatic heterocycles. The minimum absolute atomic E-state index is 0.0384. The van der Waals surface area contributed by atoms with Crippen LogP contribution in [0.3, 0.4) is 0 Å². The number of benzene rings is 2. The van der Waals surface area contributed by atoms with Crippen molar-refractivity contribution in [1.29, 1.82) is 0 Å². The Morgan fingerprint density at radius 2 is 1.16 bits per heavy atom. The van der Waals surface area contributed by atoms with Crippen LogP contribution in [0.1, 0.15) is 11.1 Å². The molecule has 1 aliphatic carbocycles. The average molecular weight is 252 g/mol. The topological polar surface area (TPSA) is 24.1 Å². The van der Waals surface area contributed by atoms with Crippen molar-refractivity contribution >= 4 is 0 Å². The van der Waals surface area contributed by atoms with Crippen molar-refractivity contribution in [3.05, 3.63) is 59.7 Å². The zero-order chi connectivity index (χ0) is 13.3. The van der Waals surface area contributed by atoms with Crippen LogP contribution in [0.25, 0.3) is 11.1 Å². The van der Waals surface area contributed by atoms with E-state index in [2.05, 4.69) is 59.2 Å². The molecule has 0 saturated heterocycles. The Bertz CT molecular complexity index is 536. The van der Waals surface area contributed by atoms with E-state index in [1.165, 1.54) is 22.3 Å². The second kappa shape index (κ2) is 4.80. The van der Waals surface area contributed by atoms with Crippen molar-refractivity contribution in [2.24, 2.45) is 0 Å². The molecule has 0 aliphatic heterocycles. The summed E-state index contributed by atoms with van der Waals surface area (Å²) < 4.78 is 0. The van der Waals surface area contributed by atoms with Gasteiger partial charge in [-0.15, -0.1) is 0 Å². The standard InChI is InChI=1S/C17H20N2/c1-18-11-17(12-19-2)15-9-5-3-7-13(15)14-8-4-6-10-16(14)17/h3-10,18-19H,11-12H2,1-2H3. The fraction of sp³-hybridized carbons (Fsp3) is 0.294. The lowest BCUT2D eigenvalue weighted by molar-refractivity contribution is 0.472. The first-order valence-electron chi connectivity index (χ1n) is 6.82. The molecule has 2 nitrogen and oxygen atoms in total. The van der Waals surface area contributed by atoms with Gasteiger partial charge in [-0.3, -0.25) is 0 Å². The molecule has 2 N–H and O–H groups in total. The monoisotopic (exact) mass is 252 g/mol. The molecule has 19 heavy (non-hydrogen) atoms. The van der Waals surface area contributed by atoms with Crippen molar-refractivity contribution < 1.29 is 0 Å². The molecule has 0 bridgehead atoms. The van der Waals surface area contributed by atoms with Crippen molar-refractivity contribution in [2.45, 2.75) is 5.41 Å². The Hall–Kier alpha value is -1.64. The molecule has 0 unspecified atom stereocenters. The maximum atomic E-state index is 3.38. The van der Waals surface area contributed by atoms with Crippen LogP contribution in [-0.4, -0.2) is 27.2 Å². The van der Waals surface area contributed by atoms with E-state index in [1.54, 1.807) is 0 Å². The van der Waals surface area contributed by atoms with Crippen molar-refractivity contribution in [3.63, 3.8) is 0 Å². The number of hydrogen-bond donors (Lipinski definition) is 2. The van der Waals surface area contributed by atoms with E-state index in [4.69, 9.17) is 0 Å². The van der Waals surface area contributed by atoms with Gasteiger partial charge in [0.2, 0.25) is 0 Å². The molecule has 0 saturated carbocycles. The van der Waals surface area contributed by atoms with Gasteiger partial charge in [-0.1, -0.05) is 48.5 Å². The van der Waals surface area contributed by atoms with Crippen molar-refractivity contribution in [1.82, 2.24) is 10.6 Å². The van der Waals surface area contributed by atoms with E-state index in [0.717, 1.165) is 13.1 Å². The highest BCUT2D eigenvalue weighted by molar-refractivity contribution is 5.81. The second-order valence-electron chi connectivity index (χ2n) is 5.23. The minimum atomic E-state index is 0.0384. The maximum Gasteiger partial charge on any atom is 0.0463 e. The Morgan fingerprint density at radius 3 is 1.58 bits per heavy atom. The molecule has 0 heterocycles. The third kappa shape index (κ3) is 1.71. The first-order chi connectivity index (χ1) is 9.33. The van der Waals surface area contributed by atoms with Gasteiger partial charge < -0.3 is 10.6 Å². The summed E-state index contributed by atoms with van der Waals surface area (Å²) in [4.78, 5) is 0. The van der Waals surface area contributed by atoms with Gasteiger partial charge >= 0.3 is 0 Å². The van der Waals surface area contributed by atoms with Crippen LogP contribution < -0.4 is 10.6 Å². The van der Waals surface area contributed by atoms with Gasteiger partial charge in [-0.2, -0.15) is 0 Å². The number of nitrogens with one attached hydrogen (secondary N) is 2. The van der Waals surface area contributed by atoms with Crippen molar-refractivity contribution in [2.75, 3.05) is 27.2 Å². The Balaban J connectivity index is 2.28. The van der Waals surface area contributed by atoms with E-state index < -0.39 is 0 Å². The van der Waals surface area contributed by atoms with E-state index in [9.17, 15) is 0 Å². The SMILES string of the molecule is CNCC1(CNC)c2ccccc2-c2ccccc21. The van der Waals surface area contributed by atoms with Crippen LogP contribution in [0.15, 0.2) is 48.5 Å². The van der Waals surface area contributed by atoms with Crippen LogP contribution in [0.2, 0.25) is 0 Å². The second-order valence-corrected chi connectivity index (χ2v) is 5.23. The van der Waals surface area contributed by atoms with Crippen LogP contribution in [0, 0.1) is 0 Å². The van der Waals surface area contributed by atoms with Crippen LogP contribution in [0.4, 0.5) is 0 Å². The lowest BCUT2D eigenvalue weighted by atomic mass is 9.78. The average Bonchev–Trinajstić information content (AvgIpc) is 2.72. The Labute approximate surface area is 114 Å². The summed E-state index contributed by atoms with van der Waals surface area (Å²) in [6.45, 7) is 1.89. The normalized spacial score (nSPS) is 15.1. The highest BCUT2D eigenvalue weighted by Crippen LogP contribution is 2.48. The molecular formula is C17H20N2. The first-order valence-corrected chi connectivity index (χ1v) is 6.82. The molecule has 0 fully saturated rings. The maximum absolute atomic E-state index is 3.38. The number of fused-ring (bicyclic) bond motifs is 3. The third-order valence-corrected chi connectivity index (χ3v) is 4.13. The minimum Gasteiger partial charge on any atom is -0.318 e. The van der Waals surface area contributed by atoms with Crippen LogP contribution in [0.5, 0.6) is 0 Å². The summed E-state index contributed by atoms with van der Waals surface area (Å²) in [5, 5.41) is 6.75. The summed E-state index contributed by atoms with van der Waals surface area (Å²) in [6, 6.07) is 17.6. The highest BCUT2D eigenvalue weighted by Gasteiger charge is 2.41. The summed E-state index contributed by atoms with van der Waals surface area (Å²) in [5.41, 5.74) is 5.66. The Morgan fingerprint density at radius 1 is 0.737 bits per heavy atom. The van der Waals surface area contributed by atoms with Crippen LogP contribution in [-0.2, 0) is 5.41 Å². The predicted molar refractivity (Wildman–Crippen MR) is 80.5 cm³/mol. The zero-order valence-corrected chi connectivity index (χ0v) is 11.5. The van der Waals surface area contributed by atoms with Gasteiger partial charge in [0.15, 0.2) is 0 Å². The summed E-state index contributed by atoms with van der Waals surface area (Å²) in [7, 11) is 4.06. The smallest absolute Gasteiger partial charge is 0.0463 e. The zero-order valence-electron chi connectivity index (χ0n) is 11.5. The summed E-state index contributed by atoms with van der Waals surface area (Å²) >= 11 is 0. The van der Waals surface area contributed by atoms with Crippen molar-refractivity contribution in [3.8, 4) is 11.1 Å². The molecule has 0 amide bonds. The fourth-order valence-electron chi connectivity index (χ4n) is 3.46. The lowest BCUT2D eigenvalue weighted by Crippen LogP contribution is -2.43. The number of likely N-dealkylation sites (N-methyl/N-ethyl adjacent to an activating group) is 2. The quantitative estimate of drug-likeness (QED) is 0.873. The molecule has 2 aromatic rings. The molecular weight excluding hydrogens is 232 g/mol. The molecule has 2 heteroatoms. The van der Waals surface area contributed by atoms with E-state index in [1.807, 2.05) is 14.1 Å². The summed E-state index contributed by atoms with van der Waals surface area (Å²) in [6.07, 6.45) is 0. The molecule has 0 atom stereocenters. The molecule has 1 aliphatic rings. The first kappa shape index (κ1) is 12.4. The van der Waals surface area contributed by atoms with E-state index >= 15 is 0 Å². The number of hydrogen-bond acceptors (Lipinski definition) is 2. The lowest BCUT2D eigenvalue weighted by Gasteiger charge is -2.31. The molecule has 2 aromatic carbocycles. The third-order valence-electron chi connectivity index (χ3n) is 4.13. The molecule has 3 rings (SSSR count). The summed E-state index contributed by atoms with van der Waals surface area (Å²) in [5.74, 6) is 0. The van der Waals surface area contributed by atoms with Gasteiger partial charge in [0.25, 0.3) is 0 Å². The largest absolute Gasteiger partial charge is 0.318 e. The number of rotatable bonds is 4.